The van der Waals surface area contributed by atoms with Gasteiger partial charge in [0.2, 0.25) is 0 Å². The molecule has 2 rings (SSSR count). The van der Waals surface area contributed by atoms with Gasteiger partial charge in [0.25, 0.3) is 0 Å². The quantitative estimate of drug-likeness (QED) is 0.856. The van der Waals surface area contributed by atoms with Gasteiger partial charge in [-0.2, -0.15) is 5.10 Å². The highest BCUT2D eigenvalue weighted by Gasteiger charge is 2.20. The van der Waals surface area contributed by atoms with Crippen LogP contribution < -0.4 is 5.32 Å². The van der Waals surface area contributed by atoms with Crippen LogP contribution in [-0.2, 0) is 6.54 Å². The molecular formula is C12H19N5O. The predicted molar refractivity (Wildman–Crippen MR) is 70.6 cm³/mol. The second-order valence-electron chi connectivity index (χ2n) is 5.12. The van der Waals surface area contributed by atoms with Gasteiger partial charge in [-0.3, -0.25) is 0 Å². The van der Waals surface area contributed by atoms with Crippen LogP contribution in [0, 0.1) is 13.8 Å². The monoisotopic (exact) mass is 249 g/mol. The zero-order valence-electron chi connectivity index (χ0n) is 11.4. The number of hydrogen-bond acceptors (Lipinski definition) is 5. The van der Waals surface area contributed by atoms with Gasteiger partial charge in [-0.25, -0.2) is 14.6 Å². The van der Waals surface area contributed by atoms with E-state index in [0.29, 0.717) is 12.4 Å². The lowest BCUT2D eigenvalue weighted by molar-refractivity contribution is 0.0588. The standard InChI is InChI=1S/C12H19N5O/c1-7-9-10(13-5)14-8(2)15-11(9)17(16-7)6-12(3,4)18/h18H,6H2,1-5H3,(H,13,14,15). The summed E-state index contributed by atoms with van der Waals surface area (Å²) in [4.78, 5) is 8.78. The van der Waals surface area contributed by atoms with Crippen LogP contribution in [-0.4, -0.2) is 37.5 Å². The van der Waals surface area contributed by atoms with Crippen LogP contribution in [0.5, 0.6) is 0 Å². The topological polar surface area (TPSA) is 75.9 Å². The molecule has 0 unspecified atom stereocenters. The summed E-state index contributed by atoms with van der Waals surface area (Å²) in [6, 6.07) is 0. The molecule has 2 aromatic heterocycles. The molecule has 0 saturated carbocycles. The van der Waals surface area contributed by atoms with Crippen molar-refractivity contribution in [2.45, 2.75) is 39.8 Å². The maximum absolute atomic E-state index is 9.92. The molecule has 2 heterocycles. The van der Waals surface area contributed by atoms with Crippen LogP contribution in [0.15, 0.2) is 0 Å². The minimum atomic E-state index is -0.829. The smallest absolute Gasteiger partial charge is 0.164 e. The molecule has 0 amide bonds. The summed E-state index contributed by atoms with van der Waals surface area (Å²) >= 11 is 0. The van der Waals surface area contributed by atoms with E-state index in [-0.39, 0.29) is 0 Å². The molecule has 0 aliphatic carbocycles. The minimum absolute atomic E-state index is 0.400. The van der Waals surface area contributed by atoms with Crippen LogP contribution in [0.4, 0.5) is 5.82 Å². The van der Waals surface area contributed by atoms with Crippen molar-refractivity contribution in [2.75, 3.05) is 12.4 Å². The van der Waals surface area contributed by atoms with E-state index in [1.807, 2.05) is 20.9 Å². The van der Waals surface area contributed by atoms with Crippen molar-refractivity contribution in [3.8, 4) is 0 Å². The fourth-order valence-electron chi connectivity index (χ4n) is 2.01. The Morgan fingerprint density at radius 1 is 1.28 bits per heavy atom. The number of aryl methyl sites for hydroxylation is 2. The van der Waals surface area contributed by atoms with E-state index in [1.54, 1.807) is 18.5 Å². The molecule has 0 radical (unpaired) electrons. The third-order valence-corrected chi connectivity index (χ3v) is 2.65. The molecule has 0 aromatic carbocycles. The van der Waals surface area contributed by atoms with Crippen LogP contribution in [0.3, 0.4) is 0 Å². The summed E-state index contributed by atoms with van der Waals surface area (Å²) in [6.07, 6.45) is 0. The van der Waals surface area contributed by atoms with Gasteiger partial charge in [-0.05, 0) is 27.7 Å². The Bertz CT molecular complexity index is 582. The summed E-state index contributed by atoms with van der Waals surface area (Å²) in [6.45, 7) is 7.67. The van der Waals surface area contributed by atoms with Gasteiger partial charge in [-0.1, -0.05) is 0 Å². The molecule has 98 valence electrons. The first-order valence-electron chi connectivity index (χ1n) is 5.94. The first-order valence-corrected chi connectivity index (χ1v) is 5.94. The maximum atomic E-state index is 9.92. The van der Waals surface area contributed by atoms with Crippen LogP contribution in [0.25, 0.3) is 11.0 Å². The Morgan fingerprint density at radius 3 is 2.50 bits per heavy atom. The summed E-state index contributed by atoms with van der Waals surface area (Å²) in [7, 11) is 1.83. The van der Waals surface area contributed by atoms with E-state index < -0.39 is 5.60 Å². The number of rotatable bonds is 3. The molecule has 0 aliphatic rings. The molecule has 6 nitrogen and oxygen atoms in total. The molecule has 0 aliphatic heterocycles. The third kappa shape index (κ3) is 2.28. The number of nitrogens with zero attached hydrogens (tertiary/aromatic N) is 4. The number of fused-ring (bicyclic) bond motifs is 1. The second-order valence-corrected chi connectivity index (χ2v) is 5.12. The van der Waals surface area contributed by atoms with E-state index in [4.69, 9.17) is 0 Å². The lowest BCUT2D eigenvalue weighted by Crippen LogP contribution is -2.27. The third-order valence-electron chi connectivity index (χ3n) is 2.65. The molecule has 0 spiro atoms. The van der Waals surface area contributed by atoms with Gasteiger partial charge in [0.05, 0.1) is 23.2 Å². The average molecular weight is 249 g/mol. The van der Waals surface area contributed by atoms with Gasteiger partial charge in [0.15, 0.2) is 5.65 Å². The zero-order chi connectivity index (χ0) is 13.5. The molecule has 0 bridgehead atoms. The summed E-state index contributed by atoms with van der Waals surface area (Å²) in [5, 5.41) is 18.3. The molecule has 0 atom stereocenters. The molecular weight excluding hydrogens is 230 g/mol. The van der Waals surface area contributed by atoms with Gasteiger partial charge < -0.3 is 10.4 Å². The molecule has 0 fully saturated rings. The Balaban J connectivity index is 2.67. The van der Waals surface area contributed by atoms with Crippen LogP contribution >= 0.6 is 0 Å². The summed E-state index contributed by atoms with van der Waals surface area (Å²) in [5.41, 5.74) is 0.786. The van der Waals surface area contributed by atoms with Crippen molar-refractivity contribution in [2.24, 2.45) is 0 Å². The van der Waals surface area contributed by atoms with Crippen molar-refractivity contribution >= 4 is 16.9 Å². The SMILES string of the molecule is CNc1nc(C)nc2c1c(C)nn2CC(C)(C)O. The highest BCUT2D eigenvalue weighted by atomic mass is 16.3. The van der Waals surface area contributed by atoms with Crippen molar-refractivity contribution in [3.05, 3.63) is 11.5 Å². The highest BCUT2D eigenvalue weighted by molar-refractivity contribution is 5.89. The predicted octanol–water partition coefficient (Wildman–Crippen LogP) is 1.26. The van der Waals surface area contributed by atoms with Crippen LogP contribution in [0.2, 0.25) is 0 Å². The Kier molecular flexibility index (Phi) is 2.98. The average Bonchev–Trinajstić information content (AvgIpc) is 2.52. The van der Waals surface area contributed by atoms with Crippen molar-refractivity contribution < 1.29 is 5.11 Å². The van der Waals surface area contributed by atoms with Gasteiger partial charge in [0, 0.05) is 7.05 Å². The molecule has 6 heteroatoms. The maximum Gasteiger partial charge on any atom is 0.164 e. The second kappa shape index (κ2) is 4.20. The van der Waals surface area contributed by atoms with E-state index in [9.17, 15) is 5.11 Å². The van der Waals surface area contributed by atoms with Gasteiger partial charge >= 0.3 is 0 Å². The highest BCUT2D eigenvalue weighted by Crippen LogP contribution is 2.24. The first-order chi connectivity index (χ1) is 8.31. The summed E-state index contributed by atoms with van der Waals surface area (Å²) in [5.74, 6) is 1.46. The Labute approximate surface area is 106 Å². The fourth-order valence-corrected chi connectivity index (χ4v) is 2.01. The molecule has 18 heavy (non-hydrogen) atoms. The van der Waals surface area contributed by atoms with E-state index in [0.717, 1.165) is 22.5 Å². The number of aromatic nitrogens is 4. The summed E-state index contributed by atoms with van der Waals surface area (Å²) < 4.78 is 1.74. The van der Waals surface area contributed by atoms with Crippen LogP contribution in [0.1, 0.15) is 25.4 Å². The van der Waals surface area contributed by atoms with E-state index in [1.165, 1.54) is 0 Å². The first kappa shape index (κ1) is 12.8. The minimum Gasteiger partial charge on any atom is -0.389 e. The molecule has 2 aromatic rings. The number of aliphatic hydroxyl groups is 1. The molecule has 2 N–H and O–H groups in total. The largest absolute Gasteiger partial charge is 0.389 e. The van der Waals surface area contributed by atoms with Gasteiger partial charge in [0.1, 0.15) is 11.6 Å². The number of nitrogens with one attached hydrogen (secondary N) is 1. The lowest BCUT2D eigenvalue weighted by atomic mass is 10.1. The Morgan fingerprint density at radius 2 is 1.94 bits per heavy atom. The van der Waals surface area contributed by atoms with Crippen molar-refractivity contribution in [3.63, 3.8) is 0 Å². The number of hydrogen-bond donors (Lipinski definition) is 2. The lowest BCUT2D eigenvalue weighted by Gasteiger charge is -2.17. The van der Waals surface area contributed by atoms with E-state index >= 15 is 0 Å². The zero-order valence-corrected chi connectivity index (χ0v) is 11.4. The van der Waals surface area contributed by atoms with Crippen molar-refractivity contribution in [1.29, 1.82) is 0 Å². The van der Waals surface area contributed by atoms with E-state index in [2.05, 4.69) is 20.4 Å². The van der Waals surface area contributed by atoms with Gasteiger partial charge in [-0.15, -0.1) is 0 Å². The van der Waals surface area contributed by atoms with Crippen molar-refractivity contribution in [1.82, 2.24) is 19.7 Å². The Hall–Kier alpha value is -1.69. The number of anilines is 1. The normalized spacial score (nSPS) is 12.1. The fraction of sp³-hybridized carbons (Fsp3) is 0.583. The molecule has 0 saturated heterocycles.